The molecule has 0 aliphatic heterocycles. The fourth-order valence-electron chi connectivity index (χ4n) is 1.72. The molecule has 0 radical (unpaired) electrons. The van der Waals surface area contributed by atoms with Crippen LogP contribution >= 0.6 is 0 Å². The number of benzene rings is 1. The van der Waals surface area contributed by atoms with Crippen molar-refractivity contribution in [3.8, 4) is 5.75 Å². The van der Waals surface area contributed by atoms with Crippen molar-refractivity contribution in [1.29, 1.82) is 0 Å². The van der Waals surface area contributed by atoms with Crippen LogP contribution in [0.5, 0.6) is 5.75 Å². The maximum Gasteiger partial charge on any atom is 0.189 e. The lowest BCUT2D eigenvalue weighted by molar-refractivity contribution is 0.00960. The Labute approximate surface area is 103 Å². The third-order valence-corrected chi connectivity index (χ3v) is 3.07. The van der Waals surface area contributed by atoms with E-state index in [1.54, 1.807) is 0 Å². The van der Waals surface area contributed by atoms with Crippen molar-refractivity contribution < 1.29 is 9.47 Å². The second kappa shape index (κ2) is 5.52. The Morgan fingerprint density at radius 3 is 2.76 bits per heavy atom. The van der Waals surface area contributed by atoms with Crippen molar-refractivity contribution in [2.75, 3.05) is 13.4 Å². The van der Waals surface area contributed by atoms with Crippen molar-refractivity contribution in [2.24, 2.45) is 11.7 Å². The molecule has 2 N–H and O–H groups in total. The van der Waals surface area contributed by atoms with Crippen molar-refractivity contribution in [2.45, 2.75) is 32.7 Å². The second-order valence-corrected chi connectivity index (χ2v) is 4.89. The minimum Gasteiger partial charge on any atom is -0.467 e. The Bertz CT molecular complexity index is 372. The first-order valence-electron chi connectivity index (χ1n) is 6.23. The molecule has 1 aliphatic carbocycles. The Hall–Kier alpha value is -1.06. The van der Waals surface area contributed by atoms with E-state index in [4.69, 9.17) is 15.2 Å². The molecule has 1 aliphatic rings. The van der Waals surface area contributed by atoms with Gasteiger partial charge in [-0.1, -0.05) is 12.1 Å². The van der Waals surface area contributed by atoms with Gasteiger partial charge in [0.05, 0.1) is 6.61 Å². The summed E-state index contributed by atoms with van der Waals surface area (Å²) in [4.78, 5) is 0. The van der Waals surface area contributed by atoms with Gasteiger partial charge >= 0.3 is 0 Å². The van der Waals surface area contributed by atoms with E-state index in [0.717, 1.165) is 29.4 Å². The average molecular weight is 235 g/mol. The molecule has 3 nitrogen and oxygen atoms in total. The average Bonchev–Trinajstić information content (AvgIpc) is 3.09. The zero-order valence-corrected chi connectivity index (χ0v) is 10.6. The van der Waals surface area contributed by atoms with Crippen LogP contribution in [0, 0.1) is 12.8 Å². The van der Waals surface area contributed by atoms with Crippen molar-refractivity contribution in [3.63, 3.8) is 0 Å². The smallest absolute Gasteiger partial charge is 0.189 e. The van der Waals surface area contributed by atoms with Crippen LogP contribution in [0.15, 0.2) is 18.2 Å². The lowest BCUT2D eigenvalue weighted by Crippen LogP contribution is -2.08. The Morgan fingerprint density at radius 2 is 2.18 bits per heavy atom. The third-order valence-electron chi connectivity index (χ3n) is 3.07. The molecule has 0 amide bonds. The molecule has 1 aromatic rings. The third kappa shape index (κ3) is 3.72. The van der Waals surface area contributed by atoms with Crippen LogP contribution in [0.1, 0.15) is 36.9 Å². The Morgan fingerprint density at radius 1 is 1.41 bits per heavy atom. The van der Waals surface area contributed by atoms with Crippen LogP contribution in [0.2, 0.25) is 0 Å². The van der Waals surface area contributed by atoms with Gasteiger partial charge < -0.3 is 15.2 Å². The molecule has 0 bridgehead atoms. The number of hydrogen-bond donors (Lipinski definition) is 1. The SMILES string of the molecule is Cc1cc(C(C)N)ccc1OCOCC1CC1. The lowest BCUT2D eigenvalue weighted by Gasteiger charge is -2.12. The van der Waals surface area contributed by atoms with Crippen LogP contribution in [-0.2, 0) is 4.74 Å². The summed E-state index contributed by atoms with van der Waals surface area (Å²) in [7, 11) is 0. The van der Waals surface area contributed by atoms with Gasteiger partial charge in [0.25, 0.3) is 0 Å². The van der Waals surface area contributed by atoms with Gasteiger partial charge in [-0.25, -0.2) is 0 Å². The highest BCUT2D eigenvalue weighted by Gasteiger charge is 2.21. The first-order valence-corrected chi connectivity index (χ1v) is 6.23. The van der Waals surface area contributed by atoms with Crippen molar-refractivity contribution >= 4 is 0 Å². The summed E-state index contributed by atoms with van der Waals surface area (Å²) in [5.41, 5.74) is 8.07. The highest BCUT2D eigenvalue weighted by molar-refractivity contribution is 5.37. The zero-order chi connectivity index (χ0) is 12.3. The van der Waals surface area contributed by atoms with Gasteiger partial charge in [0.2, 0.25) is 0 Å². The molecular formula is C14H21NO2. The normalized spacial score (nSPS) is 16.9. The first-order chi connectivity index (χ1) is 8.16. The monoisotopic (exact) mass is 235 g/mol. The topological polar surface area (TPSA) is 44.5 Å². The zero-order valence-electron chi connectivity index (χ0n) is 10.6. The van der Waals surface area contributed by atoms with Gasteiger partial charge in [0, 0.05) is 6.04 Å². The molecule has 1 fully saturated rings. The predicted octanol–water partition coefficient (Wildman–Crippen LogP) is 2.78. The summed E-state index contributed by atoms with van der Waals surface area (Å²) in [5.74, 6) is 1.66. The molecule has 1 unspecified atom stereocenters. The molecule has 17 heavy (non-hydrogen) atoms. The molecule has 2 rings (SSSR count). The van der Waals surface area contributed by atoms with Gasteiger partial charge in [-0.15, -0.1) is 0 Å². The molecule has 3 heteroatoms. The van der Waals surface area contributed by atoms with E-state index < -0.39 is 0 Å². The van der Waals surface area contributed by atoms with E-state index >= 15 is 0 Å². The van der Waals surface area contributed by atoms with Crippen molar-refractivity contribution in [3.05, 3.63) is 29.3 Å². The molecule has 1 saturated carbocycles. The number of ether oxygens (including phenoxy) is 2. The molecule has 1 aromatic carbocycles. The number of hydrogen-bond acceptors (Lipinski definition) is 3. The minimum absolute atomic E-state index is 0.0638. The largest absolute Gasteiger partial charge is 0.467 e. The number of aryl methyl sites for hydroxylation is 1. The van der Waals surface area contributed by atoms with E-state index in [2.05, 4.69) is 6.07 Å². The highest BCUT2D eigenvalue weighted by atomic mass is 16.7. The van der Waals surface area contributed by atoms with Crippen LogP contribution in [0.3, 0.4) is 0 Å². The van der Waals surface area contributed by atoms with Crippen LogP contribution in [-0.4, -0.2) is 13.4 Å². The van der Waals surface area contributed by atoms with E-state index in [0.29, 0.717) is 6.79 Å². The molecule has 0 spiro atoms. The van der Waals surface area contributed by atoms with Gasteiger partial charge in [-0.2, -0.15) is 0 Å². The fraction of sp³-hybridized carbons (Fsp3) is 0.571. The van der Waals surface area contributed by atoms with E-state index in [9.17, 15) is 0 Å². The maximum absolute atomic E-state index is 5.83. The minimum atomic E-state index is 0.0638. The molecule has 0 aromatic heterocycles. The molecular weight excluding hydrogens is 214 g/mol. The van der Waals surface area contributed by atoms with E-state index in [-0.39, 0.29) is 6.04 Å². The summed E-state index contributed by atoms with van der Waals surface area (Å²) >= 11 is 0. The summed E-state index contributed by atoms with van der Waals surface area (Å²) in [5, 5.41) is 0. The molecule has 94 valence electrons. The van der Waals surface area contributed by atoms with Gasteiger partial charge in [0.15, 0.2) is 6.79 Å². The van der Waals surface area contributed by atoms with Gasteiger partial charge in [0.1, 0.15) is 5.75 Å². The standard InChI is InChI=1S/C14H21NO2/c1-10-7-13(11(2)15)5-6-14(10)17-9-16-8-12-3-4-12/h5-7,11-12H,3-4,8-9,15H2,1-2H3. The first kappa shape index (κ1) is 12.4. The Balaban J connectivity index is 1.82. The molecule has 1 atom stereocenters. The summed E-state index contributed by atoms with van der Waals surface area (Å²) in [6.45, 7) is 5.18. The molecule has 0 saturated heterocycles. The molecule has 0 heterocycles. The number of rotatable bonds is 6. The van der Waals surface area contributed by atoms with Crippen molar-refractivity contribution in [1.82, 2.24) is 0 Å². The van der Waals surface area contributed by atoms with E-state index in [1.807, 2.05) is 26.0 Å². The highest BCUT2D eigenvalue weighted by Crippen LogP contribution is 2.29. The van der Waals surface area contributed by atoms with E-state index in [1.165, 1.54) is 12.8 Å². The predicted molar refractivity (Wildman–Crippen MR) is 68.0 cm³/mol. The number of nitrogens with two attached hydrogens (primary N) is 1. The fourth-order valence-corrected chi connectivity index (χ4v) is 1.72. The summed E-state index contributed by atoms with van der Waals surface area (Å²) in [6.07, 6.45) is 2.62. The lowest BCUT2D eigenvalue weighted by atomic mass is 10.1. The summed E-state index contributed by atoms with van der Waals surface area (Å²) in [6, 6.07) is 6.11. The van der Waals surface area contributed by atoms with Crippen LogP contribution < -0.4 is 10.5 Å². The second-order valence-electron chi connectivity index (χ2n) is 4.89. The van der Waals surface area contributed by atoms with Gasteiger partial charge in [-0.05, 0) is 49.8 Å². The van der Waals surface area contributed by atoms with Crippen LogP contribution in [0.4, 0.5) is 0 Å². The van der Waals surface area contributed by atoms with Crippen LogP contribution in [0.25, 0.3) is 0 Å². The maximum atomic E-state index is 5.83. The van der Waals surface area contributed by atoms with Gasteiger partial charge in [-0.3, -0.25) is 0 Å². The quantitative estimate of drug-likeness (QED) is 0.609. The summed E-state index contributed by atoms with van der Waals surface area (Å²) < 4.78 is 11.0. The Kier molecular flexibility index (Phi) is 4.02.